The predicted octanol–water partition coefficient (Wildman–Crippen LogP) is 4.65. The molecule has 2 nitrogen and oxygen atoms in total. The molecule has 0 unspecified atom stereocenters. The first kappa shape index (κ1) is 15.2. The molecule has 0 saturated heterocycles. The monoisotopic (exact) mass is 325 g/mol. The summed E-state index contributed by atoms with van der Waals surface area (Å²) < 4.78 is 0. The Bertz CT molecular complexity index is 631. The molecule has 1 N–H and O–H groups in total. The highest BCUT2D eigenvalue weighted by Gasteiger charge is 2.11. The molecule has 0 aliphatic heterocycles. The third-order valence-corrected chi connectivity index (χ3v) is 4.05. The summed E-state index contributed by atoms with van der Waals surface area (Å²) in [5.41, 5.74) is 1.43. The zero-order chi connectivity index (χ0) is 14.5. The number of halogens is 2. The highest BCUT2D eigenvalue weighted by atomic mass is 35.5. The molecule has 5 heteroatoms. The molecule has 2 aromatic rings. The van der Waals surface area contributed by atoms with E-state index in [2.05, 4.69) is 5.32 Å². The summed E-state index contributed by atoms with van der Waals surface area (Å²) in [6.07, 6.45) is 1.96. The first-order valence-electron chi connectivity index (χ1n) is 5.96. The molecule has 0 atom stereocenters. The minimum atomic E-state index is -0.189. The van der Waals surface area contributed by atoms with Gasteiger partial charge in [0.15, 0.2) is 0 Å². The molecule has 0 spiro atoms. The fraction of sp³-hybridized carbons (Fsp3) is 0.133. The van der Waals surface area contributed by atoms with E-state index in [-0.39, 0.29) is 5.91 Å². The summed E-state index contributed by atoms with van der Waals surface area (Å²) in [5.74, 6) is -0.189. The molecule has 2 rings (SSSR count). The first-order valence-corrected chi connectivity index (χ1v) is 7.94. The standard InChI is InChI=1S/C15H13Cl2NOS/c1-20-12-5-6-14(17)13(8-12)15(19)18-9-10-3-2-4-11(16)7-10/h2-8H,9H2,1H3,(H,18,19). The van der Waals surface area contributed by atoms with Gasteiger partial charge in [0.2, 0.25) is 0 Å². The van der Waals surface area contributed by atoms with E-state index < -0.39 is 0 Å². The number of carbonyl (C=O) groups is 1. The normalized spacial score (nSPS) is 10.3. The van der Waals surface area contributed by atoms with E-state index in [1.165, 1.54) is 0 Å². The zero-order valence-electron chi connectivity index (χ0n) is 10.8. The molecule has 0 radical (unpaired) electrons. The lowest BCUT2D eigenvalue weighted by Gasteiger charge is -2.08. The molecule has 104 valence electrons. The van der Waals surface area contributed by atoms with Crippen LogP contribution in [0.15, 0.2) is 47.4 Å². The maximum atomic E-state index is 12.2. The topological polar surface area (TPSA) is 29.1 Å². The van der Waals surface area contributed by atoms with Crippen LogP contribution in [0, 0.1) is 0 Å². The Balaban J connectivity index is 2.08. The molecule has 0 bridgehead atoms. The molecule has 1 amide bonds. The molecule has 2 aromatic carbocycles. The zero-order valence-corrected chi connectivity index (χ0v) is 13.1. The summed E-state index contributed by atoms with van der Waals surface area (Å²) in [4.78, 5) is 13.2. The van der Waals surface area contributed by atoms with Crippen molar-refractivity contribution in [2.24, 2.45) is 0 Å². The van der Waals surface area contributed by atoms with Gasteiger partial charge in [-0.05, 0) is 42.2 Å². The van der Waals surface area contributed by atoms with Crippen LogP contribution < -0.4 is 5.32 Å². The molecule has 0 aromatic heterocycles. The fourth-order valence-corrected chi connectivity index (χ4v) is 2.59. The molecule has 0 aliphatic carbocycles. The quantitative estimate of drug-likeness (QED) is 0.829. The Hall–Kier alpha value is -1.16. The number of hydrogen-bond donors (Lipinski definition) is 1. The van der Waals surface area contributed by atoms with Gasteiger partial charge in [-0.1, -0.05) is 35.3 Å². The second-order valence-electron chi connectivity index (χ2n) is 4.16. The number of benzene rings is 2. The molecular weight excluding hydrogens is 313 g/mol. The van der Waals surface area contributed by atoms with E-state index in [4.69, 9.17) is 23.2 Å². The van der Waals surface area contributed by atoms with Gasteiger partial charge in [-0.25, -0.2) is 0 Å². The Labute approximate surface area is 132 Å². The van der Waals surface area contributed by atoms with E-state index >= 15 is 0 Å². The lowest BCUT2D eigenvalue weighted by Crippen LogP contribution is -2.23. The number of hydrogen-bond acceptors (Lipinski definition) is 2. The van der Waals surface area contributed by atoms with E-state index in [0.717, 1.165) is 10.5 Å². The summed E-state index contributed by atoms with van der Waals surface area (Å²) in [5, 5.41) is 3.95. The maximum absolute atomic E-state index is 12.2. The highest BCUT2D eigenvalue weighted by Crippen LogP contribution is 2.23. The Morgan fingerprint density at radius 2 is 2.00 bits per heavy atom. The van der Waals surface area contributed by atoms with Crippen LogP contribution >= 0.6 is 35.0 Å². The van der Waals surface area contributed by atoms with Crippen LogP contribution in [-0.4, -0.2) is 12.2 Å². The second kappa shape index (κ2) is 7.02. The van der Waals surface area contributed by atoms with E-state index in [1.807, 2.05) is 30.5 Å². The van der Waals surface area contributed by atoms with Gasteiger partial charge in [-0.15, -0.1) is 11.8 Å². The second-order valence-corrected chi connectivity index (χ2v) is 5.88. The average molecular weight is 326 g/mol. The maximum Gasteiger partial charge on any atom is 0.253 e. The Kier molecular flexibility index (Phi) is 5.35. The molecule has 0 fully saturated rings. The van der Waals surface area contributed by atoms with Crippen molar-refractivity contribution in [2.75, 3.05) is 6.26 Å². The van der Waals surface area contributed by atoms with Crippen LogP contribution in [0.25, 0.3) is 0 Å². The number of nitrogens with one attached hydrogen (secondary N) is 1. The Morgan fingerprint density at radius 3 is 2.70 bits per heavy atom. The van der Waals surface area contributed by atoms with Crippen molar-refractivity contribution in [3.05, 3.63) is 63.6 Å². The van der Waals surface area contributed by atoms with Crippen LogP contribution in [0.1, 0.15) is 15.9 Å². The van der Waals surface area contributed by atoms with E-state index in [0.29, 0.717) is 22.2 Å². The minimum absolute atomic E-state index is 0.189. The molecule has 0 saturated carbocycles. The first-order chi connectivity index (χ1) is 9.60. The van der Waals surface area contributed by atoms with Crippen LogP contribution in [-0.2, 0) is 6.54 Å². The smallest absolute Gasteiger partial charge is 0.253 e. The van der Waals surface area contributed by atoms with Crippen molar-refractivity contribution in [3.8, 4) is 0 Å². The van der Waals surface area contributed by atoms with Crippen LogP contribution in [0.4, 0.5) is 0 Å². The van der Waals surface area contributed by atoms with Gasteiger partial charge in [-0.3, -0.25) is 4.79 Å². The number of thioether (sulfide) groups is 1. The number of rotatable bonds is 4. The van der Waals surface area contributed by atoms with Gasteiger partial charge in [0.1, 0.15) is 0 Å². The van der Waals surface area contributed by atoms with Gasteiger partial charge in [0.05, 0.1) is 10.6 Å². The van der Waals surface area contributed by atoms with Crippen molar-refractivity contribution in [2.45, 2.75) is 11.4 Å². The third-order valence-electron chi connectivity index (χ3n) is 2.76. The van der Waals surface area contributed by atoms with Crippen molar-refractivity contribution >= 4 is 40.9 Å². The Morgan fingerprint density at radius 1 is 1.20 bits per heavy atom. The van der Waals surface area contributed by atoms with Crippen molar-refractivity contribution in [3.63, 3.8) is 0 Å². The largest absolute Gasteiger partial charge is 0.348 e. The molecule has 0 heterocycles. The van der Waals surface area contributed by atoms with Gasteiger partial charge in [-0.2, -0.15) is 0 Å². The lowest BCUT2D eigenvalue weighted by atomic mass is 10.2. The van der Waals surface area contributed by atoms with Crippen LogP contribution in [0.5, 0.6) is 0 Å². The van der Waals surface area contributed by atoms with E-state index in [9.17, 15) is 4.79 Å². The summed E-state index contributed by atoms with van der Waals surface area (Å²) >= 11 is 13.5. The summed E-state index contributed by atoms with van der Waals surface area (Å²) in [6, 6.07) is 12.8. The van der Waals surface area contributed by atoms with Crippen molar-refractivity contribution < 1.29 is 4.79 Å². The van der Waals surface area contributed by atoms with Gasteiger partial charge in [0.25, 0.3) is 5.91 Å². The lowest BCUT2D eigenvalue weighted by molar-refractivity contribution is 0.0951. The average Bonchev–Trinajstić information content (AvgIpc) is 2.45. The minimum Gasteiger partial charge on any atom is -0.348 e. The molecule has 0 aliphatic rings. The number of carbonyl (C=O) groups excluding carboxylic acids is 1. The molecular formula is C15H13Cl2NOS. The molecule has 20 heavy (non-hydrogen) atoms. The fourth-order valence-electron chi connectivity index (χ4n) is 1.73. The third kappa shape index (κ3) is 3.92. The van der Waals surface area contributed by atoms with Gasteiger partial charge < -0.3 is 5.32 Å². The number of amides is 1. The summed E-state index contributed by atoms with van der Waals surface area (Å²) in [7, 11) is 0. The van der Waals surface area contributed by atoms with Crippen molar-refractivity contribution in [1.82, 2.24) is 5.32 Å². The van der Waals surface area contributed by atoms with Gasteiger partial charge in [0, 0.05) is 16.5 Å². The SMILES string of the molecule is CSc1ccc(Cl)c(C(=O)NCc2cccc(Cl)c2)c1. The predicted molar refractivity (Wildman–Crippen MR) is 85.9 cm³/mol. The van der Waals surface area contributed by atoms with Crippen molar-refractivity contribution in [1.29, 1.82) is 0 Å². The van der Waals surface area contributed by atoms with Gasteiger partial charge >= 0.3 is 0 Å². The van der Waals surface area contributed by atoms with Crippen LogP contribution in [0.3, 0.4) is 0 Å². The van der Waals surface area contributed by atoms with E-state index in [1.54, 1.807) is 30.0 Å². The summed E-state index contributed by atoms with van der Waals surface area (Å²) in [6.45, 7) is 0.416. The van der Waals surface area contributed by atoms with Crippen LogP contribution in [0.2, 0.25) is 10.0 Å². The highest BCUT2D eigenvalue weighted by molar-refractivity contribution is 7.98.